The normalized spacial score (nSPS) is 12.5. The van der Waals surface area contributed by atoms with Crippen molar-refractivity contribution in [3.8, 4) is 50.2 Å². The maximum Gasteiger partial charge on any atom is 0.0714 e. The quantitative estimate of drug-likeness (QED) is 0.140. The Balaban J connectivity index is 0.976. The van der Waals surface area contributed by atoms with Gasteiger partial charge in [0.2, 0.25) is 0 Å². The lowest BCUT2D eigenvalue weighted by atomic mass is 9.67. The van der Waals surface area contributed by atoms with Gasteiger partial charge in [-0.05, 0) is 133 Å². The Hall–Kier alpha value is -8.98. The zero-order chi connectivity index (χ0) is 45.7. The molecule has 0 fully saturated rings. The third-order valence-electron chi connectivity index (χ3n) is 14.3. The van der Waals surface area contributed by atoms with Gasteiger partial charge in [-0.15, -0.1) is 0 Å². The van der Waals surface area contributed by atoms with E-state index in [1.165, 1.54) is 77.4 Å². The van der Waals surface area contributed by atoms with E-state index in [2.05, 4.69) is 289 Å². The summed E-state index contributed by atoms with van der Waals surface area (Å²) < 4.78 is 2.39. The van der Waals surface area contributed by atoms with E-state index in [1.54, 1.807) is 0 Å². The Morgan fingerprint density at radius 2 is 0.797 bits per heavy atom. The van der Waals surface area contributed by atoms with Gasteiger partial charge in [-0.2, -0.15) is 0 Å². The van der Waals surface area contributed by atoms with Crippen molar-refractivity contribution in [1.82, 2.24) is 4.57 Å². The molecular formula is C67H46N2. The van der Waals surface area contributed by atoms with Gasteiger partial charge in [-0.25, -0.2) is 0 Å². The Morgan fingerprint density at radius 3 is 1.55 bits per heavy atom. The Bertz CT molecular complexity index is 3780. The third kappa shape index (κ3) is 6.64. The van der Waals surface area contributed by atoms with Crippen molar-refractivity contribution in [3.63, 3.8) is 0 Å². The molecule has 2 nitrogen and oxygen atoms in total. The minimum atomic E-state index is -0.522. The van der Waals surface area contributed by atoms with Gasteiger partial charge < -0.3 is 9.47 Å². The molecule has 0 amide bonds. The maximum absolute atomic E-state index is 2.46. The molecule has 11 aromatic carbocycles. The smallest absolute Gasteiger partial charge is 0.0714 e. The number of fused-ring (bicyclic) bond motifs is 6. The number of hydrogen-bond acceptors (Lipinski definition) is 1. The van der Waals surface area contributed by atoms with Gasteiger partial charge in [0.15, 0.2) is 0 Å². The fourth-order valence-corrected chi connectivity index (χ4v) is 11.3. The van der Waals surface area contributed by atoms with Crippen molar-refractivity contribution >= 4 is 38.9 Å². The maximum atomic E-state index is 2.46. The number of rotatable bonds is 9. The lowest BCUT2D eigenvalue weighted by molar-refractivity contribution is 0.768. The molecular weight excluding hydrogens is 833 g/mol. The molecule has 0 atom stereocenters. The Kier molecular flexibility index (Phi) is 9.77. The highest BCUT2D eigenvalue weighted by Crippen LogP contribution is 2.57. The highest BCUT2D eigenvalue weighted by Gasteiger charge is 2.46. The van der Waals surface area contributed by atoms with Gasteiger partial charge in [0, 0.05) is 33.5 Å². The summed E-state index contributed by atoms with van der Waals surface area (Å²) in [6, 6.07) is 102. The molecule has 1 aliphatic rings. The molecule has 1 heterocycles. The SMILES string of the molecule is c1ccc(-c2ccc(N(c3cccc(-c4cccc(-c5cccc6c5c5ccccc5n6-c5ccccc5)c4)c3)c3ccc4c(c3)C(c3ccccc3)(c3ccccc3)c3ccccc3-4)cc2)cc1. The molecule has 13 rings (SSSR count). The molecule has 0 spiro atoms. The van der Waals surface area contributed by atoms with Crippen molar-refractivity contribution in [2.24, 2.45) is 0 Å². The van der Waals surface area contributed by atoms with E-state index in [9.17, 15) is 0 Å². The number of benzene rings is 11. The van der Waals surface area contributed by atoms with Gasteiger partial charge in [0.25, 0.3) is 0 Å². The van der Waals surface area contributed by atoms with Crippen molar-refractivity contribution in [3.05, 3.63) is 301 Å². The van der Waals surface area contributed by atoms with Crippen LogP contribution >= 0.6 is 0 Å². The number of anilines is 3. The van der Waals surface area contributed by atoms with E-state index in [4.69, 9.17) is 0 Å². The summed E-state index contributed by atoms with van der Waals surface area (Å²) in [5.41, 5.74) is 21.0. The van der Waals surface area contributed by atoms with Gasteiger partial charge in [-0.1, -0.05) is 212 Å². The van der Waals surface area contributed by atoms with Crippen LogP contribution in [-0.2, 0) is 5.41 Å². The largest absolute Gasteiger partial charge is 0.310 e. The van der Waals surface area contributed by atoms with Crippen molar-refractivity contribution < 1.29 is 0 Å². The summed E-state index contributed by atoms with van der Waals surface area (Å²) in [5.74, 6) is 0. The van der Waals surface area contributed by atoms with Crippen LogP contribution in [0.2, 0.25) is 0 Å². The van der Waals surface area contributed by atoms with Crippen molar-refractivity contribution in [1.29, 1.82) is 0 Å². The lowest BCUT2D eigenvalue weighted by Crippen LogP contribution is -2.28. The molecule has 0 bridgehead atoms. The first-order chi connectivity index (χ1) is 34.2. The van der Waals surface area contributed by atoms with Crippen LogP contribution in [0.4, 0.5) is 17.1 Å². The summed E-state index contributed by atoms with van der Waals surface area (Å²) >= 11 is 0. The molecule has 69 heavy (non-hydrogen) atoms. The number of hydrogen-bond donors (Lipinski definition) is 0. The predicted molar refractivity (Wildman–Crippen MR) is 289 cm³/mol. The van der Waals surface area contributed by atoms with E-state index >= 15 is 0 Å². The van der Waals surface area contributed by atoms with E-state index in [-0.39, 0.29) is 0 Å². The van der Waals surface area contributed by atoms with E-state index < -0.39 is 5.41 Å². The average Bonchev–Trinajstić information content (AvgIpc) is 3.93. The third-order valence-corrected chi connectivity index (χ3v) is 14.3. The second-order valence-corrected chi connectivity index (χ2v) is 18.0. The van der Waals surface area contributed by atoms with Crippen LogP contribution in [0.1, 0.15) is 22.3 Å². The number of nitrogens with zero attached hydrogens (tertiary/aromatic N) is 2. The second kappa shape index (κ2) is 16.7. The molecule has 0 aliphatic heterocycles. The number of aromatic nitrogens is 1. The van der Waals surface area contributed by atoms with E-state index in [0.717, 1.165) is 33.9 Å². The van der Waals surface area contributed by atoms with Gasteiger partial charge in [0.05, 0.1) is 16.4 Å². The average molecular weight is 879 g/mol. The van der Waals surface area contributed by atoms with Gasteiger partial charge >= 0.3 is 0 Å². The Morgan fingerprint density at radius 1 is 0.290 bits per heavy atom. The Labute approximate surface area is 403 Å². The first-order valence-electron chi connectivity index (χ1n) is 23.8. The molecule has 0 radical (unpaired) electrons. The summed E-state index contributed by atoms with van der Waals surface area (Å²) in [6.07, 6.45) is 0. The second-order valence-electron chi connectivity index (χ2n) is 18.0. The summed E-state index contributed by atoms with van der Waals surface area (Å²) in [6.45, 7) is 0. The number of para-hydroxylation sites is 2. The summed E-state index contributed by atoms with van der Waals surface area (Å²) in [5, 5.41) is 2.50. The predicted octanol–water partition coefficient (Wildman–Crippen LogP) is 17.6. The zero-order valence-corrected chi connectivity index (χ0v) is 38.0. The minimum Gasteiger partial charge on any atom is -0.310 e. The molecule has 0 saturated carbocycles. The standard InChI is InChI=1S/C67H46N2/c1-5-20-47(21-6-1)48-38-40-55(41-39-48)68(57-42-43-60-59-32-13-15-35-62(59)67(63(60)46-57,52-25-7-2-8-26-52)53-27-9-3-10-28-53)56-31-18-23-50(45-56)49-22-17-24-51(44-49)58-34-19-37-65-66(58)61-33-14-16-36-64(61)69(65)54-29-11-4-12-30-54/h1-46H. The molecule has 2 heteroatoms. The van der Waals surface area contributed by atoms with Crippen molar-refractivity contribution in [2.45, 2.75) is 5.41 Å². The fraction of sp³-hybridized carbons (Fsp3) is 0.0149. The van der Waals surface area contributed by atoms with Crippen LogP contribution in [-0.4, -0.2) is 4.57 Å². The van der Waals surface area contributed by atoms with E-state index in [0.29, 0.717) is 0 Å². The van der Waals surface area contributed by atoms with Crippen LogP contribution in [0, 0.1) is 0 Å². The first kappa shape index (κ1) is 40.3. The first-order valence-corrected chi connectivity index (χ1v) is 23.8. The monoisotopic (exact) mass is 878 g/mol. The highest BCUT2D eigenvalue weighted by atomic mass is 15.1. The molecule has 0 unspecified atom stereocenters. The van der Waals surface area contributed by atoms with Gasteiger partial charge in [0.1, 0.15) is 0 Å². The fourth-order valence-electron chi connectivity index (χ4n) is 11.3. The van der Waals surface area contributed by atoms with Crippen LogP contribution in [0.15, 0.2) is 279 Å². The van der Waals surface area contributed by atoms with Crippen molar-refractivity contribution in [2.75, 3.05) is 4.90 Å². The van der Waals surface area contributed by atoms with E-state index in [1.807, 2.05) is 0 Å². The summed E-state index contributed by atoms with van der Waals surface area (Å²) in [4.78, 5) is 2.44. The molecule has 324 valence electrons. The van der Waals surface area contributed by atoms with Crippen LogP contribution in [0.3, 0.4) is 0 Å². The summed E-state index contributed by atoms with van der Waals surface area (Å²) in [7, 11) is 0. The zero-order valence-electron chi connectivity index (χ0n) is 38.0. The van der Waals surface area contributed by atoms with Crippen LogP contribution in [0.5, 0.6) is 0 Å². The molecule has 0 N–H and O–H groups in total. The van der Waals surface area contributed by atoms with Crippen LogP contribution < -0.4 is 4.90 Å². The lowest BCUT2D eigenvalue weighted by Gasteiger charge is -2.35. The highest BCUT2D eigenvalue weighted by molar-refractivity contribution is 6.16. The minimum absolute atomic E-state index is 0.522. The molecule has 0 saturated heterocycles. The molecule has 12 aromatic rings. The van der Waals surface area contributed by atoms with Crippen LogP contribution in [0.25, 0.3) is 72.0 Å². The molecule has 1 aromatic heterocycles. The molecule has 1 aliphatic carbocycles. The topological polar surface area (TPSA) is 8.17 Å². The van der Waals surface area contributed by atoms with Gasteiger partial charge in [-0.3, -0.25) is 0 Å².